The number of anilines is 1. The van der Waals surface area contributed by atoms with E-state index in [1.807, 2.05) is 42.8 Å². The summed E-state index contributed by atoms with van der Waals surface area (Å²) in [5.74, 6) is 0.519. The van der Waals surface area contributed by atoms with Crippen LogP contribution in [0.15, 0.2) is 59.1 Å². The summed E-state index contributed by atoms with van der Waals surface area (Å²) in [6.45, 7) is 3.81. The molecule has 9 nitrogen and oxygen atoms in total. The third kappa shape index (κ3) is 4.94. The van der Waals surface area contributed by atoms with Crippen LogP contribution >= 0.6 is 23.1 Å². The Kier molecular flexibility index (Phi) is 6.52. The zero-order valence-corrected chi connectivity index (χ0v) is 19.7. The Bertz CT molecular complexity index is 1330. The number of amides is 1. The van der Waals surface area contributed by atoms with Gasteiger partial charge in [0.15, 0.2) is 16.1 Å². The molecular formula is C22H20N6O3S2. The molecule has 0 saturated carbocycles. The number of thiazole rings is 1. The Hall–Kier alpha value is -3.57. The second-order valence-corrected chi connectivity index (χ2v) is 9.44. The maximum atomic E-state index is 12.7. The van der Waals surface area contributed by atoms with Crippen molar-refractivity contribution in [2.75, 3.05) is 5.32 Å². The molecule has 1 unspecified atom stereocenters. The van der Waals surface area contributed by atoms with Gasteiger partial charge in [-0.3, -0.25) is 14.9 Å². The number of rotatable bonds is 7. The maximum Gasteiger partial charge on any atom is 0.270 e. The molecule has 1 N–H and O–H groups in total. The molecule has 1 atom stereocenters. The second-order valence-electron chi connectivity index (χ2n) is 7.27. The molecule has 33 heavy (non-hydrogen) atoms. The van der Waals surface area contributed by atoms with E-state index in [0.29, 0.717) is 21.5 Å². The number of hydrogen-bond acceptors (Lipinski definition) is 8. The van der Waals surface area contributed by atoms with E-state index in [1.54, 1.807) is 24.4 Å². The number of carbonyl (C=O) groups excluding carboxylic acids is 1. The number of non-ortho nitro benzene ring substituents is 1. The first-order valence-corrected chi connectivity index (χ1v) is 11.7. The lowest BCUT2D eigenvalue weighted by molar-refractivity contribution is -0.384. The summed E-state index contributed by atoms with van der Waals surface area (Å²) in [5.41, 5.74) is 3.26. The Labute approximate surface area is 198 Å². The number of hydrogen-bond donors (Lipinski definition) is 1. The van der Waals surface area contributed by atoms with Crippen molar-refractivity contribution in [3.8, 4) is 22.6 Å². The Morgan fingerprint density at radius 1 is 1.21 bits per heavy atom. The van der Waals surface area contributed by atoms with E-state index in [4.69, 9.17) is 0 Å². The van der Waals surface area contributed by atoms with Crippen LogP contribution in [0.1, 0.15) is 12.5 Å². The number of nitrogens with one attached hydrogen (secondary N) is 1. The lowest BCUT2D eigenvalue weighted by Crippen LogP contribution is -2.22. The SMILES string of the molecule is Cc1ccccc1-c1nnc(SC(C)C(=O)Nc2nc(-c3cccc([N+](=O)[O-])c3)cs2)n1C. The van der Waals surface area contributed by atoms with E-state index in [9.17, 15) is 14.9 Å². The van der Waals surface area contributed by atoms with E-state index in [0.717, 1.165) is 17.0 Å². The number of nitro benzene ring substituents is 1. The van der Waals surface area contributed by atoms with Gasteiger partial charge < -0.3 is 9.88 Å². The molecule has 1 amide bonds. The van der Waals surface area contributed by atoms with Crippen molar-refractivity contribution in [1.82, 2.24) is 19.7 Å². The summed E-state index contributed by atoms with van der Waals surface area (Å²) < 4.78 is 1.88. The first-order valence-electron chi connectivity index (χ1n) is 9.96. The Balaban J connectivity index is 1.44. The number of carbonyl (C=O) groups is 1. The average molecular weight is 481 g/mol. The van der Waals surface area contributed by atoms with Gasteiger partial charge in [-0.15, -0.1) is 21.5 Å². The third-order valence-corrected chi connectivity index (χ3v) is 6.85. The van der Waals surface area contributed by atoms with Crippen molar-refractivity contribution >= 4 is 39.8 Å². The standard InChI is InChI=1S/C22H20N6O3S2/c1-13-7-4-5-10-17(13)19-25-26-22(27(19)3)33-14(2)20(29)24-21-23-18(12-32-21)15-8-6-9-16(11-15)28(30)31/h4-12,14H,1-3H3,(H,23,24,29). The molecule has 0 aliphatic heterocycles. The molecule has 0 aliphatic rings. The van der Waals surface area contributed by atoms with Gasteiger partial charge in [-0.05, 0) is 19.4 Å². The van der Waals surface area contributed by atoms with Gasteiger partial charge in [-0.2, -0.15) is 0 Å². The Morgan fingerprint density at radius 2 is 2.00 bits per heavy atom. The monoisotopic (exact) mass is 480 g/mol. The fraction of sp³-hybridized carbons (Fsp3) is 0.182. The van der Waals surface area contributed by atoms with E-state index < -0.39 is 10.2 Å². The van der Waals surface area contributed by atoms with Crippen LogP contribution in [0.3, 0.4) is 0 Å². The van der Waals surface area contributed by atoms with Gasteiger partial charge in [0.25, 0.3) is 5.69 Å². The highest BCUT2D eigenvalue weighted by Gasteiger charge is 2.21. The highest BCUT2D eigenvalue weighted by Crippen LogP contribution is 2.30. The molecule has 0 bridgehead atoms. The Morgan fingerprint density at radius 3 is 2.76 bits per heavy atom. The number of benzene rings is 2. The van der Waals surface area contributed by atoms with E-state index >= 15 is 0 Å². The van der Waals surface area contributed by atoms with Crippen molar-refractivity contribution in [1.29, 1.82) is 0 Å². The van der Waals surface area contributed by atoms with E-state index in [2.05, 4.69) is 20.5 Å². The zero-order valence-electron chi connectivity index (χ0n) is 18.1. The van der Waals surface area contributed by atoms with Gasteiger partial charge >= 0.3 is 0 Å². The number of aryl methyl sites for hydroxylation is 1. The maximum absolute atomic E-state index is 12.7. The molecule has 0 saturated heterocycles. The third-order valence-electron chi connectivity index (χ3n) is 4.96. The van der Waals surface area contributed by atoms with Gasteiger partial charge in [0.1, 0.15) is 0 Å². The number of nitrogens with zero attached hydrogens (tertiary/aromatic N) is 5. The average Bonchev–Trinajstić information content (AvgIpc) is 3.41. The van der Waals surface area contributed by atoms with Gasteiger partial charge in [0, 0.05) is 35.7 Å². The number of aromatic nitrogens is 4. The van der Waals surface area contributed by atoms with Crippen molar-refractivity contribution in [3.05, 3.63) is 69.6 Å². The lowest BCUT2D eigenvalue weighted by atomic mass is 10.1. The fourth-order valence-electron chi connectivity index (χ4n) is 3.14. The van der Waals surface area contributed by atoms with Crippen LogP contribution in [-0.4, -0.2) is 35.8 Å². The first kappa shape index (κ1) is 22.6. The smallest absolute Gasteiger partial charge is 0.270 e. The van der Waals surface area contributed by atoms with Crippen molar-refractivity contribution in [3.63, 3.8) is 0 Å². The van der Waals surface area contributed by atoms with Gasteiger partial charge in [-0.1, -0.05) is 48.2 Å². The summed E-state index contributed by atoms with van der Waals surface area (Å²) >= 11 is 2.57. The van der Waals surface area contributed by atoms with Gasteiger partial charge in [0.2, 0.25) is 5.91 Å². The molecule has 0 fully saturated rings. The first-order chi connectivity index (χ1) is 15.8. The fourth-order valence-corrected chi connectivity index (χ4v) is 4.67. The number of nitro groups is 1. The minimum atomic E-state index is -0.450. The molecule has 11 heteroatoms. The van der Waals surface area contributed by atoms with Gasteiger partial charge in [0.05, 0.1) is 15.9 Å². The number of thioether (sulfide) groups is 1. The minimum Gasteiger partial charge on any atom is -0.305 e. The zero-order chi connectivity index (χ0) is 23.5. The highest BCUT2D eigenvalue weighted by molar-refractivity contribution is 8.00. The molecule has 2 aromatic heterocycles. The van der Waals surface area contributed by atoms with E-state index in [-0.39, 0.29) is 11.6 Å². The predicted molar refractivity (Wildman–Crippen MR) is 129 cm³/mol. The molecule has 4 rings (SSSR count). The lowest BCUT2D eigenvalue weighted by Gasteiger charge is -2.10. The van der Waals surface area contributed by atoms with Crippen LogP contribution < -0.4 is 5.32 Å². The predicted octanol–water partition coefficient (Wildman–Crippen LogP) is 4.94. The van der Waals surface area contributed by atoms with E-state index in [1.165, 1.54) is 35.2 Å². The molecule has 0 spiro atoms. The van der Waals surface area contributed by atoms with Crippen molar-refractivity contribution in [2.45, 2.75) is 24.3 Å². The summed E-state index contributed by atoms with van der Waals surface area (Å²) in [4.78, 5) is 27.7. The summed E-state index contributed by atoms with van der Waals surface area (Å²) in [6, 6.07) is 14.2. The minimum absolute atomic E-state index is 0.00940. The molecule has 2 aromatic carbocycles. The van der Waals surface area contributed by atoms with Crippen LogP contribution in [-0.2, 0) is 11.8 Å². The normalized spacial score (nSPS) is 11.8. The van der Waals surface area contributed by atoms with Crippen LogP contribution in [0.25, 0.3) is 22.6 Å². The van der Waals surface area contributed by atoms with Crippen LogP contribution in [0, 0.1) is 17.0 Å². The molecule has 0 aliphatic carbocycles. The van der Waals surface area contributed by atoms with Crippen LogP contribution in [0.5, 0.6) is 0 Å². The molecule has 0 radical (unpaired) electrons. The molecular weight excluding hydrogens is 460 g/mol. The van der Waals surface area contributed by atoms with Crippen molar-refractivity contribution < 1.29 is 9.72 Å². The summed E-state index contributed by atoms with van der Waals surface area (Å²) in [5, 5.41) is 24.7. The van der Waals surface area contributed by atoms with Crippen molar-refractivity contribution in [2.24, 2.45) is 7.05 Å². The van der Waals surface area contributed by atoms with Crippen LogP contribution in [0.2, 0.25) is 0 Å². The summed E-state index contributed by atoms with van der Waals surface area (Å²) in [6.07, 6.45) is 0. The highest BCUT2D eigenvalue weighted by atomic mass is 32.2. The molecule has 2 heterocycles. The second kappa shape index (κ2) is 9.51. The van der Waals surface area contributed by atoms with Crippen LogP contribution in [0.4, 0.5) is 10.8 Å². The molecule has 4 aromatic rings. The topological polar surface area (TPSA) is 116 Å². The summed E-state index contributed by atoms with van der Waals surface area (Å²) in [7, 11) is 1.88. The molecule has 168 valence electrons. The largest absolute Gasteiger partial charge is 0.305 e. The quantitative estimate of drug-likeness (QED) is 0.226. The van der Waals surface area contributed by atoms with Gasteiger partial charge in [-0.25, -0.2) is 4.98 Å².